The van der Waals surface area contributed by atoms with Gasteiger partial charge in [0.2, 0.25) is 15.9 Å². The minimum absolute atomic E-state index is 0.146. The summed E-state index contributed by atoms with van der Waals surface area (Å²) in [7, 11) is -3.52. The van der Waals surface area contributed by atoms with Crippen LogP contribution in [0.15, 0.2) is 42.5 Å². The summed E-state index contributed by atoms with van der Waals surface area (Å²) in [6.45, 7) is 8.04. The lowest BCUT2D eigenvalue weighted by Crippen LogP contribution is -2.41. The maximum atomic E-state index is 12.6. The largest absolute Gasteiger partial charge is 0.348 e. The standard InChI is InChI=1S/C22H30N2O3S/c1-6-21(20-12-9-17(3)18(4)13-20)23-22(25)15-24(28(5,26)27)14-19-10-7-16(2)8-11-19/h7-13,21H,6,14-15H2,1-5H3,(H,23,25)/t21-/m0/s1. The van der Waals surface area contributed by atoms with Gasteiger partial charge in [0.1, 0.15) is 0 Å². The topological polar surface area (TPSA) is 66.5 Å². The van der Waals surface area contributed by atoms with Crippen molar-refractivity contribution in [1.82, 2.24) is 9.62 Å². The van der Waals surface area contributed by atoms with Crippen LogP contribution in [0.25, 0.3) is 0 Å². The average molecular weight is 403 g/mol. The zero-order chi connectivity index (χ0) is 20.9. The van der Waals surface area contributed by atoms with E-state index >= 15 is 0 Å². The van der Waals surface area contributed by atoms with Crippen molar-refractivity contribution < 1.29 is 13.2 Å². The van der Waals surface area contributed by atoms with E-state index in [-0.39, 0.29) is 25.0 Å². The van der Waals surface area contributed by atoms with Gasteiger partial charge in [-0.2, -0.15) is 4.31 Å². The predicted molar refractivity (Wildman–Crippen MR) is 114 cm³/mol. The van der Waals surface area contributed by atoms with Crippen molar-refractivity contribution in [3.05, 3.63) is 70.3 Å². The van der Waals surface area contributed by atoms with Gasteiger partial charge in [-0.1, -0.05) is 55.0 Å². The zero-order valence-electron chi connectivity index (χ0n) is 17.3. The van der Waals surface area contributed by atoms with Crippen LogP contribution < -0.4 is 5.32 Å². The third kappa shape index (κ3) is 6.17. The highest BCUT2D eigenvalue weighted by Crippen LogP contribution is 2.20. The fourth-order valence-electron chi connectivity index (χ4n) is 2.99. The molecule has 2 aromatic carbocycles. The number of amides is 1. The van der Waals surface area contributed by atoms with Gasteiger partial charge in [0.05, 0.1) is 18.8 Å². The fourth-order valence-corrected chi connectivity index (χ4v) is 3.73. The summed E-state index contributed by atoms with van der Waals surface area (Å²) in [6, 6.07) is 13.6. The van der Waals surface area contributed by atoms with Crippen LogP contribution in [0, 0.1) is 20.8 Å². The summed E-state index contributed by atoms with van der Waals surface area (Å²) in [6.07, 6.45) is 1.86. The molecular formula is C22H30N2O3S. The molecule has 0 radical (unpaired) electrons. The SMILES string of the molecule is CC[C@H](NC(=O)CN(Cc1ccc(C)cc1)S(C)(=O)=O)c1ccc(C)c(C)c1. The van der Waals surface area contributed by atoms with Crippen LogP contribution in [0.3, 0.4) is 0 Å². The predicted octanol–water partition coefficient (Wildman–Crippen LogP) is 3.64. The van der Waals surface area contributed by atoms with Crippen molar-refractivity contribution in [3.8, 4) is 0 Å². The Morgan fingerprint density at radius 2 is 1.68 bits per heavy atom. The van der Waals surface area contributed by atoms with Gasteiger partial charge in [-0.3, -0.25) is 4.79 Å². The summed E-state index contributed by atoms with van der Waals surface area (Å²) in [5, 5.41) is 2.98. The molecule has 2 rings (SSSR count). The van der Waals surface area contributed by atoms with Gasteiger partial charge in [-0.15, -0.1) is 0 Å². The maximum Gasteiger partial charge on any atom is 0.235 e. The summed E-state index contributed by atoms with van der Waals surface area (Å²) in [5.74, 6) is -0.303. The molecule has 0 aliphatic heterocycles. The lowest BCUT2D eigenvalue weighted by Gasteiger charge is -2.23. The molecule has 1 N–H and O–H groups in total. The molecule has 0 spiro atoms. The molecule has 0 saturated carbocycles. The molecule has 0 unspecified atom stereocenters. The second-order valence-electron chi connectivity index (χ2n) is 7.39. The molecule has 6 heteroatoms. The van der Waals surface area contributed by atoms with Crippen LogP contribution in [-0.4, -0.2) is 31.4 Å². The second kappa shape index (κ2) is 9.34. The number of hydrogen-bond acceptors (Lipinski definition) is 3. The molecule has 28 heavy (non-hydrogen) atoms. The number of sulfonamides is 1. The molecule has 0 aromatic heterocycles. The molecule has 5 nitrogen and oxygen atoms in total. The molecule has 0 bridgehead atoms. The lowest BCUT2D eigenvalue weighted by atomic mass is 9.99. The Hall–Kier alpha value is -2.18. The summed E-state index contributed by atoms with van der Waals surface area (Å²) in [4.78, 5) is 12.6. The summed E-state index contributed by atoms with van der Waals surface area (Å²) < 4.78 is 25.6. The van der Waals surface area contributed by atoms with Gasteiger partial charge in [-0.25, -0.2) is 8.42 Å². The molecule has 0 fully saturated rings. The molecule has 0 heterocycles. The highest BCUT2D eigenvalue weighted by molar-refractivity contribution is 7.88. The third-order valence-electron chi connectivity index (χ3n) is 4.95. The molecule has 1 amide bonds. The number of carbonyl (C=O) groups is 1. The monoisotopic (exact) mass is 402 g/mol. The molecule has 0 aliphatic rings. The molecular weight excluding hydrogens is 372 g/mol. The zero-order valence-corrected chi connectivity index (χ0v) is 18.1. The minimum atomic E-state index is -3.52. The number of benzene rings is 2. The Kier molecular flexibility index (Phi) is 7.38. The van der Waals surface area contributed by atoms with Gasteiger partial charge in [0, 0.05) is 6.54 Å². The molecule has 0 saturated heterocycles. The van der Waals surface area contributed by atoms with Crippen molar-refractivity contribution in [3.63, 3.8) is 0 Å². The normalized spacial score (nSPS) is 12.8. The Bertz CT molecular complexity index is 921. The second-order valence-corrected chi connectivity index (χ2v) is 9.37. The summed E-state index contributed by atoms with van der Waals surface area (Å²) in [5.41, 5.74) is 5.36. The van der Waals surface area contributed by atoms with Gasteiger partial charge in [-0.05, 0) is 49.4 Å². The van der Waals surface area contributed by atoms with Crippen LogP contribution in [0.2, 0.25) is 0 Å². The fraction of sp³-hybridized carbons (Fsp3) is 0.409. The van der Waals surface area contributed by atoms with Crippen LogP contribution in [-0.2, 0) is 21.4 Å². The number of aryl methyl sites for hydroxylation is 3. The molecule has 1 atom stereocenters. The third-order valence-corrected chi connectivity index (χ3v) is 6.14. The molecule has 2 aromatic rings. The van der Waals surface area contributed by atoms with E-state index in [1.54, 1.807) is 0 Å². The van der Waals surface area contributed by atoms with Gasteiger partial charge >= 0.3 is 0 Å². The maximum absolute atomic E-state index is 12.6. The van der Waals surface area contributed by atoms with E-state index in [0.717, 1.165) is 29.4 Å². The van der Waals surface area contributed by atoms with Crippen molar-refractivity contribution in [1.29, 1.82) is 0 Å². The van der Waals surface area contributed by atoms with Crippen LogP contribution >= 0.6 is 0 Å². The molecule has 0 aliphatic carbocycles. The van der Waals surface area contributed by atoms with E-state index in [0.29, 0.717) is 0 Å². The Balaban J connectivity index is 2.11. The van der Waals surface area contributed by atoms with Gasteiger partial charge in [0.15, 0.2) is 0 Å². The van der Waals surface area contributed by atoms with Crippen LogP contribution in [0.5, 0.6) is 0 Å². The van der Waals surface area contributed by atoms with E-state index in [9.17, 15) is 13.2 Å². The van der Waals surface area contributed by atoms with Crippen molar-refractivity contribution in [2.24, 2.45) is 0 Å². The number of rotatable bonds is 8. The van der Waals surface area contributed by atoms with Crippen molar-refractivity contribution in [2.75, 3.05) is 12.8 Å². The van der Waals surface area contributed by atoms with Crippen LogP contribution in [0.4, 0.5) is 0 Å². The number of nitrogens with one attached hydrogen (secondary N) is 1. The highest BCUT2D eigenvalue weighted by atomic mass is 32.2. The average Bonchev–Trinajstić information content (AvgIpc) is 2.62. The smallest absolute Gasteiger partial charge is 0.235 e. The Morgan fingerprint density at radius 3 is 2.21 bits per heavy atom. The number of hydrogen-bond donors (Lipinski definition) is 1. The van der Waals surface area contributed by atoms with Gasteiger partial charge in [0.25, 0.3) is 0 Å². The summed E-state index contributed by atoms with van der Waals surface area (Å²) >= 11 is 0. The Labute approximate surface area is 168 Å². The van der Waals surface area contributed by atoms with E-state index in [2.05, 4.69) is 11.4 Å². The van der Waals surface area contributed by atoms with Crippen LogP contribution in [0.1, 0.15) is 47.2 Å². The molecule has 152 valence electrons. The minimum Gasteiger partial charge on any atom is -0.348 e. The first-order chi connectivity index (χ1) is 13.1. The first kappa shape index (κ1) is 22.1. The van der Waals surface area contributed by atoms with E-state index < -0.39 is 10.0 Å². The number of nitrogens with zero attached hydrogens (tertiary/aromatic N) is 1. The van der Waals surface area contributed by atoms with Crippen molar-refractivity contribution >= 4 is 15.9 Å². The lowest BCUT2D eigenvalue weighted by molar-refractivity contribution is -0.122. The highest BCUT2D eigenvalue weighted by Gasteiger charge is 2.22. The first-order valence-corrected chi connectivity index (χ1v) is 11.3. The quantitative estimate of drug-likeness (QED) is 0.733. The number of carbonyl (C=O) groups excluding carboxylic acids is 1. The van der Waals surface area contributed by atoms with E-state index in [1.165, 1.54) is 15.4 Å². The van der Waals surface area contributed by atoms with E-state index in [1.807, 2.05) is 64.1 Å². The van der Waals surface area contributed by atoms with Gasteiger partial charge < -0.3 is 5.32 Å². The van der Waals surface area contributed by atoms with Crippen molar-refractivity contribution in [2.45, 2.75) is 46.7 Å². The Morgan fingerprint density at radius 1 is 1.04 bits per heavy atom. The van der Waals surface area contributed by atoms with E-state index in [4.69, 9.17) is 0 Å². The first-order valence-electron chi connectivity index (χ1n) is 9.47.